The van der Waals surface area contributed by atoms with Crippen LogP contribution in [-0.2, 0) is 6.42 Å². The molecule has 29 heavy (non-hydrogen) atoms. The summed E-state index contributed by atoms with van der Waals surface area (Å²) in [6.07, 6.45) is 5.14. The van der Waals surface area contributed by atoms with E-state index in [1.54, 1.807) is 0 Å². The number of carbonyl (C=O) groups is 2. The number of hydrogen-bond acceptors (Lipinski definition) is 3. The van der Waals surface area contributed by atoms with Gasteiger partial charge in [0, 0.05) is 11.6 Å². The molecule has 0 saturated heterocycles. The summed E-state index contributed by atoms with van der Waals surface area (Å²) in [5.74, 6) is 0.281. The summed E-state index contributed by atoms with van der Waals surface area (Å²) in [6, 6.07) is 9.79. The maximum Gasteiger partial charge on any atom is 0.255 e. The zero-order chi connectivity index (χ0) is 20.4. The molecule has 1 saturated carbocycles. The molecule has 0 unspecified atom stereocenters. The van der Waals surface area contributed by atoms with Crippen LogP contribution in [0.1, 0.15) is 63.1 Å². The van der Waals surface area contributed by atoms with Gasteiger partial charge in [0.15, 0.2) is 5.75 Å². The number of carbonyl (C=O) groups excluding carboxylic acids is 2. The summed E-state index contributed by atoms with van der Waals surface area (Å²) in [7, 11) is 0. The van der Waals surface area contributed by atoms with Gasteiger partial charge in [-0.25, -0.2) is 0 Å². The van der Waals surface area contributed by atoms with Crippen molar-refractivity contribution >= 4 is 23.4 Å². The van der Waals surface area contributed by atoms with E-state index < -0.39 is 0 Å². The third-order valence-electron chi connectivity index (χ3n) is 5.75. The first-order valence-electron chi connectivity index (χ1n) is 10.2. The first-order valence-corrected chi connectivity index (χ1v) is 10.5. The molecule has 0 atom stereocenters. The molecule has 2 N–H and O–H groups in total. The first-order chi connectivity index (χ1) is 14.0. The van der Waals surface area contributed by atoms with Gasteiger partial charge in [-0.2, -0.15) is 0 Å². The molecule has 6 heteroatoms. The van der Waals surface area contributed by atoms with Crippen molar-refractivity contribution in [2.45, 2.75) is 45.1 Å². The minimum absolute atomic E-state index is 0.0125. The third-order valence-corrected chi connectivity index (χ3v) is 6.21. The van der Waals surface area contributed by atoms with Crippen molar-refractivity contribution in [3.05, 3.63) is 63.2 Å². The Bertz CT molecular complexity index is 934. The fourth-order valence-corrected chi connectivity index (χ4v) is 4.29. The Hall–Kier alpha value is -2.53. The highest BCUT2D eigenvalue weighted by atomic mass is 35.5. The van der Waals surface area contributed by atoms with Gasteiger partial charge in [0.2, 0.25) is 0 Å². The van der Waals surface area contributed by atoms with Gasteiger partial charge in [0.25, 0.3) is 11.8 Å². The maximum atomic E-state index is 12.4. The minimum Gasteiger partial charge on any atom is -0.489 e. The fraction of sp³-hybridized carbons (Fsp3) is 0.391. The van der Waals surface area contributed by atoms with E-state index in [1.165, 1.54) is 12.8 Å². The average Bonchev–Trinajstić information content (AvgIpc) is 3.16. The molecule has 1 aliphatic heterocycles. The lowest BCUT2D eigenvalue weighted by Crippen LogP contribution is -2.32. The number of fused-ring (bicyclic) bond motifs is 1. The molecule has 2 amide bonds. The number of rotatable bonds is 4. The second-order valence-electron chi connectivity index (χ2n) is 7.78. The lowest BCUT2D eigenvalue weighted by Gasteiger charge is -2.15. The van der Waals surface area contributed by atoms with Crippen molar-refractivity contribution in [2.24, 2.45) is 0 Å². The SMILES string of the molecule is Cc1c(Cc2ccc(C(=O)NC3CCCC3)cc2)cc2c(c1Cl)OCCNC2=O. The average molecular weight is 413 g/mol. The Balaban J connectivity index is 1.52. The van der Waals surface area contributed by atoms with E-state index in [0.29, 0.717) is 47.5 Å². The molecular weight excluding hydrogens is 388 g/mol. The Morgan fingerprint density at radius 1 is 1.24 bits per heavy atom. The molecule has 5 nitrogen and oxygen atoms in total. The molecule has 2 aromatic rings. The van der Waals surface area contributed by atoms with Crippen molar-refractivity contribution in [1.82, 2.24) is 10.6 Å². The Labute approximate surface area is 175 Å². The lowest BCUT2D eigenvalue weighted by atomic mass is 9.96. The third kappa shape index (κ3) is 4.25. The molecule has 2 aliphatic rings. The van der Waals surface area contributed by atoms with Crippen molar-refractivity contribution in [3.63, 3.8) is 0 Å². The Morgan fingerprint density at radius 2 is 1.97 bits per heavy atom. The monoisotopic (exact) mass is 412 g/mol. The Morgan fingerprint density at radius 3 is 2.69 bits per heavy atom. The standard InChI is InChI=1S/C23H25ClN2O3/c1-14-17(13-19-21(20(14)24)29-11-10-25-23(19)28)12-15-6-8-16(9-7-15)22(27)26-18-4-2-3-5-18/h6-9,13,18H,2-5,10-12H2,1H3,(H,25,28)(H,26,27). The lowest BCUT2D eigenvalue weighted by molar-refractivity contribution is 0.0934. The highest BCUT2D eigenvalue weighted by Gasteiger charge is 2.23. The number of nitrogens with one attached hydrogen (secondary N) is 2. The van der Waals surface area contributed by atoms with Gasteiger partial charge in [-0.15, -0.1) is 0 Å². The van der Waals surface area contributed by atoms with Gasteiger partial charge in [0.1, 0.15) is 6.61 Å². The maximum absolute atomic E-state index is 12.4. The van der Waals surface area contributed by atoms with E-state index >= 15 is 0 Å². The molecule has 1 aliphatic carbocycles. The van der Waals surface area contributed by atoms with Crippen molar-refractivity contribution in [3.8, 4) is 5.75 Å². The number of hydrogen-bond donors (Lipinski definition) is 2. The van der Waals surface area contributed by atoms with Crippen molar-refractivity contribution in [1.29, 1.82) is 0 Å². The second-order valence-corrected chi connectivity index (χ2v) is 8.16. The van der Waals surface area contributed by atoms with Crippen LogP contribution in [-0.4, -0.2) is 31.0 Å². The minimum atomic E-state index is -0.167. The predicted molar refractivity (Wildman–Crippen MR) is 113 cm³/mol. The van der Waals surface area contributed by atoms with Crippen LogP contribution in [0.2, 0.25) is 5.02 Å². The summed E-state index contributed by atoms with van der Waals surface area (Å²) >= 11 is 6.51. The quantitative estimate of drug-likeness (QED) is 0.796. The van der Waals surface area contributed by atoms with Crippen LogP contribution in [0, 0.1) is 6.92 Å². The van der Waals surface area contributed by atoms with Crippen molar-refractivity contribution in [2.75, 3.05) is 13.2 Å². The molecule has 152 valence electrons. The molecular formula is C23H25ClN2O3. The van der Waals surface area contributed by atoms with Crippen LogP contribution in [0.25, 0.3) is 0 Å². The van der Waals surface area contributed by atoms with Crippen LogP contribution in [0.15, 0.2) is 30.3 Å². The van der Waals surface area contributed by atoms with E-state index in [9.17, 15) is 9.59 Å². The second kappa shape index (κ2) is 8.46. The summed E-state index contributed by atoms with van der Waals surface area (Å²) in [5, 5.41) is 6.42. The van der Waals surface area contributed by atoms with Gasteiger partial charge < -0.3 is 15.4 Å². The van der Waals surface area contributed by atoms with E-state index in [4.69, 9.17) is 16.3 Å². The predicted octanol–water partition coefficient (Wildman–Crippen LogP) is 4.03. The molecule has 0 radical (unpaired) electrons. The summed E-state index contributed by atoms with van der Waals surface area (Å²) in [5.41, 5.74) is 4.07. The van der Waals surface area contributed by atoms with E-state index in [2.05, 4.69) is 10.6 Å². The molecule has 2 aromatic carbocycles. The van der Waals surface area contributed by atoms with Gasteiger partial charge in [-0.1, -0.05) is 36.6 Å². The molecule has 0 bridgehead atoms. The zero-order valence-electron chi connectivity index (χ0n) is 16.5. The summed E-state index contributed by atoms with van der Waals surface area (Å²) in [4.78, 5) is 24.8. The smallest absolute Gasteiger partial charge is 0.255 e. The fourth-order valence-electron chi connectivity index (χ4n) is 4.02. The molecule has 1 fully saturated rings. The van der Waals surface area contributed by atoms with E-state index in [0.717, 1.165) is 29.5 Å². The van der Waals surface area contributed by atoms with Gasteiger partial charge >= 0.3 is 0 Å². The largest absolute Gasteiger partial charge is 0.489 e. The normalized spacial score (nSPS) is 16.6. The van der Waals surface area contributed by atoms with Crippen LogP contribution in [0.4, 0.5) is 0 Å². The van der Waals surface area contributed by atoms with Crippen LogP contribution in [0.3, 0.4) is 0 Å². The van der Waals surface area contributed by atoms with Crippen LogP contribution in [0.5, 0.6) is 5.75 Å². The van der Waals surface area contributed by atoms with E-state index in [1.807, 2.05) is 37.3 Å². The number of halogens is 1. The molecule has 1 heterocycles. The van der Waals surface area contributed by atoms with Gasteiger partial charge in [-0.3, -0.25) is 9.59 Å². The molecule has 0 spiro atoms. The van der Waals surface area contributed by atoms with E-state index in [-0.39, 0.29) is 11.8 Å². The number of benzene rings is 2. The van der Waals surface area contributed by atoms with Gasteiger partial charge in [0.05, 0.1) is 17.1 Å². The summed E-state index contributed by atoms with van der Waals surface area (Å²) < 4.78 is 5.67. The highest BCUT2D eigenvalue weighted by Crippen LogP contribution is 2.36. The summed E-state index contributed by atoms with van der Waals surface area (Å²) in [6.45, 7) is 2.80. The number of ether oxygens (including phenoxy) is 1. The van der Waals surface area contributed by atoms with Crippen LogP contribution < -0.4 is 15.4 Å². The zero-order valence-corrected chi connectivity index (χ0v) is 17.3. The molecule has 0 aromatic heterocycles. The Kier molecular flexibility index (Phi) is 5.76. The number of amides is 2. The van der Waals surface area contributed by atoms with Gasteiger partial charge in [-0.05, 0) is 61.1 Å². The molecule has 4 rings (SSSR count). The highest BCUT2D eigenvalue weighted by molar-refractivity contribution is 6.33. The topological polar surface area (TPSA) is 67.4 Å². The van der Waals surface area contributed by atoms with Crippen LogP contribution >= 0.6 is 11.6 Å². The van der Waals surface area contributed by atoms with Crippen molar-refractivity contribution < 1.29 is 14.3 Å². The first kappa shape index (κ1) is 19.8.